The van der Waals surface area contributed by atoms with Crippen LogP contribution >= 0.6 is 0 Å². The summed E-state index contributed by atoms with van der Waals surface area (Å²) < 4.78 is 25.3. The second-order valence-corrected chi connectivity index (χ2v) is 5.06. The number of ether oxygens (including phenoxy) is 2. The Morgan fingerprint density at radius 3 is 2.43 bits per heavy atom. The highest BCUT2D eigenvalue weighted by Gasteiger charge is 2.36. The second-order valence-electron chi connectivity index (χ2n) is 5.06. The van der Waals surface area contributed by atoms with E-state index in [0.29, 0.717) is 18.6 Å². The summed E-state index contributed by atoms with van der Waals surface area (Å²) in [7, 11) is 1.46. The van der Waals surface area contributed by atoms with Crippen molar-refractivity contribution >= 4 is 0 Å². The van der Waals surface area contributed by atoms with Crippen LogP contribution in [0.1, 0.15) is 39.2 Å². The van der Waals surface area contributed by atoms with E-state index in [1.165, 1.54) is 7.11 Å². The Morgan fingerprint density at radius 2 is 1.95 bits per heavy atom. The Hall–Kier alpha value is -1.17. The number of rotatable bonds is 9. The van der Waals surface area contributed by atoms with Gasteiger partial charge in [0.05, 0.1) is 18.8 Å². The molecule has 0 aliphatic rings. The molecule has 0 bridgehead atoms. The van der Waals surface area contributed by atoms with E-state index < -0.39 is 5.60 Å². The lowest BCUT2D eigenvalue weighted by Crippen LogP contribution is -2.55. The highest BCUT2D eigenvalue weighted by molar-refractivity contribution is 5.32. The summed E-state index contributed by atoms with van der Waals surface area (Å²) in [6, 6.07) is 4.98. The molecule has 0 radical (unpaired) electrons. The van der Waals surface area contributed by atoms with Crippen molar-refractivity contribution in [1.29, 1.82) is 0 Å². The SMILES string of the molecule is CCOC(CC)(CC)C(Cc1cccc(OC)c1F)NN. The van der Waals surface area contributed by atoms with Crippen molar-refractivity contribution in [1.82, 2.24) is 5.43 Å². The molecule has 0 heterocycles. The Balaban J connectivity index is 3.06. The van der Waals surface area contributed by atoms with Crippen molar-refractivity contribution in [2.75, 3.05) is 13.7 Å². The van der Waals surface area contributed by atoms with Gasteiger partial charge in [0.15, 0.2) is 11.6 Å². The van der Waals surface area contributed by atoms with Crippen LogP contribution in [0, 0.1) is 5.82 Å². The molecule has 0 spiro atoms. The molecule has 1 atom stereocenters. The number of hydrazine groups is 1. The highest BCUT2D eigenvalue weighted by Crippen LogP contribution is 2.29. The topological polar surface area (TPSA) is 56.5 Å². The van der Waals surface area contributed by atoms with Crippen LogP contribution in [-0.2, 0) is 11.2 Å². The van der Waals surface area contributed by atoms with E-state index in [4.69, 9.17) is 15.3 Å². The van der Waals surface area contributed by atoms with Gasteiger partial charge >= 0.3 is 0 Å². The largest absolute Gasteiger partial charge is 0.494 e. The molecule has 3 N–H and O–H groups in total. The molecule has 0 aliphatic carbocycles. The molecule has 5 heteroatoms. The van der Waals surface area contributed by atoms with E-state index in [2.05, 4.69) is 19.3 Å². The molecule has 0 amide bonds. The summed E-state index contributed by atoms with van der Waals surface area (Å²) in [5, 5.41) is 0. The first-order valence-corrected chi connectivity index (χ1v) is 7.49. The minimum Gasteiger partial charge on any atom is -0.494 e. The van der Waals surface area contributed by atoms with E-state index in [1.54, 1.807) is 18.2 Å². The zero-order valence-corrected chi connectivity index (χ0v) is 13.4. The fourth-order valence-electron chi connectivity index (χ4n) is 2.82. The molecule has 1 rings (SSSR count). The molecule has 0 saturated heterocycles. The summed E-state index contributed by atoms with van der Waals surface area (Å²) in [5.74, 6) is 5.64. The molecule has 4 nitrogen and oxygen atoms in total. The summed E-state index contributed by atoms with van der Waals surface area (Å²) >= 11 is 0. The van der Waals surface area contributed by atoms with E-state index in [1.807, 2.05) is 6.92 Å². The third kappa shape index (κ3) is 3.93. The van der Waals surface area contributed by atoms with Crippen LogP contribution in [-0.4, -0.2) is 25.4 Å². The van der Waals surface area contributed by atoms with E-state index in [9.17, 15) is 4.39 Å². The maximum absolute atomic E-state index is 14.3. The van der Waals surface area contributed by atoms with Gasteiger partial charge in [-0.3, -0.25) is 11.3 Å². The molecule has 0 aliphatic heterocycles. The Bertz CT molecular complexity index is 436. The van der Waals surface area contributed by atoms with Crippen molar-refractivity contribution < 1.29 is 13.9 Å². The third-order valence-corrected chi connectivity index (χ3v) is 4.15. The Kier molecular flexibility index (Phi) is 7.08. The normalized spacial score (nSPS) is 13.2. The lowest BCUT2D eigenvalue weighted by molar-refractivity contribution is -0.0721. The number of halogens is 1. The van der Waals surface area contributed by atoms with Gasteiger partial charge in [0.25, 0.3) is 0 Å². The lowest BCUT2D eigenvalue weighted by atomic mass is 9.84. The van der Waals surface area contributed by atoms with Gasteiger partial charge in [0.2, 0.25) is 0 Å². The summed E-state index contributed by atoms with van der Waals surface area (Å²) in [5.41, 5.74) is 2.98. The summed E-state index contributed by atoms with van der Waals surface area (Å²) in [6.07, 6.45) is 2.05. The average Bonchev–Trinajstić information content (AvgIpc) is 2.52. The van der Waals surface area contributed by atoms with Crippen LogP contribution < -0.4 is 16.0 Å². The quantitative estimate of drug-likeness (QED) is 0.544. The van der Waals surface area contributed by atoms with Crippen molar-refractivity contribution in [3.63, 3.8) is 0 Å². The molecule has 0 fully saturated rings. The minimum absolute atomic E-state index is 0.172. The van der Waals surface area contributed by atoms with Gasteiger partial charge in [-0.15, -0.1) is 0 Å². The first-order valence-electron chi connectivity index (χ1n) is 7.49. The predicted octanol–water partition coefficient (Wildman–Crippen LogP) is 2.80. The molecule has 0 saturated carbocycles. The fourth-order valence-corrected chi connectivity index (χ4v) is 2.82. The summed E-state index contributed by atoms with van der Waals surface area (Å²) in [6.45, 7) is 6.68. The van der Waals surface area contributed by atoms with Crippen LogP contribution in [0.15, 0.2) is 18.2 Å². The van der Waals surface area contributed by atoms with E-state index >= 15 is 0 Å². The third-order valence-electron chi connectivity index (χ3n) is 4.15. The maximum atomic E-state index is 14.3. The van der Waals surface area contributed by atoms with Gasteiger partial charge in [0, 0.05) is 6.61 Å². The molecule has 1 aromatic rings. The first kappa shape index (κ1) is 17.9. The lowest BCUT2D eigenvalue weighted by Gasteiger charge is -2.39. The number of benzene rings is 1. The average molecular weight is 298 g/mol. The van der Waals surface area contributed by atoms with Crippen LogP contribution in [0.25, 0.3) is 0 Å². The number of nitrogens with two attached hydrogens (primary N) is 1. The van der Waals surface area contributed by atoms with Crippen molar-refractivity contribution in [2.24, 2.45) is 5.84 Å². The van der Waals surface area contributed by atoms with E-state index in [0.717, 1.165) is 12.8 Å². The fraction of sp³-hybridized carbons (Fsp3) is 0.625. The molecular formula is C16H27FN2O2. The van der Waals surface area contributed by atoms with Gasteiger partial charge in [-0.05, 0) is 37.8 Å². The van der Waals surface area contributed by atoms with Gasteiger partial charge in [-0.2, -0.15) is 0 Å². The molecule has 21 heavy (non-hydrogen) atoms. The van der Waals surface area contributed by atoms with E-state index in [-0.39, 0.29) is 17.6 Å². The number of hydrogen-bond acceptors (Lipinski definition) is 4. The van der Waals surface area contributed by atoms with Gasteiger partial charge in [0.1, 0.15) is 0 Å². The van der Waals surface area contributed by atoms with Crippen molar-refractivity contribution in [3.8, 4) is 5.75 Å². The Morgan fingerprint density at radius 1 is 1.29 bits per heavy atom. The minimum atomic E-state index is -0.404. The molecule has 1 aromatic carbocycles. The van der Waals surface area contributed by atoms with Gasteiger partial charge < -0.3 is 9.47 Å². The maximum Gasteiger partial charge on any atom is 0.168 e. The van der Waals surface area contributed by atoms with Gasteiger partial charge in [-0.25, -0.2) is 4.39 Å². The number of nitrogens with one attached hydrogen (secondary N) is 1. The van der Waals surface area contributed by atoms with Crippen LogP contribution in [0.5, 0.6) is 5.75 Å². The van der Waals surface area contributed by atoms with Crippen molar-refractivity contribution in [2.45, 2.75) is 51.7 Å². The second kappa shape index (κ2) is 8.32. The standard InChI is InChI=1S/C16H27FN2O2/c1-5-16(6-2,21-7-3)14(19-18)11-12-9-8-10-13(20-4)15(12)17/h8-10,14,19H,5-7,11,18H2,1-4H3. The van der Waals surface area contributed by atoms with Crippen LogP contribution in [0.2, 0.25) is 0 Å². The van der Waals surface area contributed by atoms with Crippen molar-refractivity contribution in [3.05, 3.63) is 29.6 Å². The first-order chi connectivity index (χ1) is 10.1. The molecular weight excluding hydrogens is 271 g/mol. The predicted molar refractivity (Wildman–Crippen MR) is 82.7 cm³/mol. The Labute approximate surface area is 126 Å². The van der Waals surface area contributed by atoms with Gasteiger partial charge in [-0.1, -0.05) is 26.0 Å². The summed E-state index contributed by atoms with van der Waals surface area (Å²) in [4.78, 5) is 0. The monoisotopic (exact) mass is 298 g/mol. The number of hydrogen-bond donors (Lipinski definition) is 2. The zero-order chi connectivity index (χ0) is 15.9. The molecule has 1 unspecified atom stereocenters. The highest BCUT2D eigenvalue weighted by atomic mass is 19.1. The number of methoxy groups -OCH3 is 1. The molecule has 0 aromatic heterocycles. The van der Waals surface area contributed by atoms with Crippen LogP contribution in [0.4, 0.5) is 4.39 Å². The smallest absolute Gasteiger partial charge is 0.168 e. The zero-order valence-electron chi connectivity index (χ0n) is 13.4. The molecule has 120 valence electrons. The van der Waals surface area contributed by atoms with Crippen LogP contribution in [0.3, 0.4) is 0 Å².